The van der Waals surface area contributed by atoms with Gasteiger partial charge < -0.3 is 5.32 Å². The summed E-state index contributed by atoms with van der Waals surface area (Å²) in [6.07, 6.45) is 5.04. The Morgan fingerprint density at radius 2 is 2.15 bits per heavy atom. The molecular formula is C19H23N5OS. The van der Waals surface area contributed by atoms with E-state index in [-0.39, 0.29) is 18.4 Å². The van der Waals surface area contributed by atoms with E-state index in [4.69, 9.17) is 0 Å². The molecule has 7 heteroatoms. The van der Waals surface area contributed by atoms with E-state index in [0.717, 1.165) is 11.4 Å². The Labute approximate surface area is 156 Å². The van der Waals surface area contributed by atoms with Crippen LogP contribution in [0.25, 0.3) is 5.78 Å². The molecule has 1 aliphatic carbocycles. The maximum atomic E-state index is 12.7. The fraction of sp³-hybridized carbons (Fsp3) is 0.474. The van der Waals surface area contributed by atoms with Crippen molar-refractivity contribution in [2.75, 3.05) is 0 Å². The predicted molar refractivity (Wildman–Crippen MR) is 101 cm³/mol. The number of aryl methyl sites for hydroxylation is 2. The van der Waals surface area contributed by atoms with Crippen LogP contribution in [0.1, 0.15) is 53.8 Å². The molecule has 6 nitrogen and oxygen atoms in total. The van der Waals surface area contributed by atoms with Crippen LogP contribution < -0.4 is 5.32 Å². The van der Waals surface area contributed by atoms with Gasteiger partial charge in [0.05, 0.1) is 12.5 Å². The number of aromatic nitrogens is 4. The topological polar surface area (TPSA) is 72.2 Å². The number of rotatable bonds is 5. The van der Waals surface area contributed by atoms with Crippen molar-refractivity contribution in [2.24, 2.45) is 5.92 Å². The lowest BCUT2D eigenvalue weighted by Gasteiger charge is -2.23. The summed E-state index contributed by atoms with van der Waals surface area (Å²) in [5.74, 6) is 1.56. The third-order valence-electron chi connectivity index (χ3n) is 5.02. The van der Waals surface area contributed by atoms with Gasteiger partial charge in [-0.05, 0) is 50.1 Å². The second-order valence-electron chi connectivity index (χ2n) is 7.06. The number of carbonyl (C=O) groups excluding carboxylic acids is 1. The highest BCUT2D eigenvalue weighted by atomic mass is 32.1. The number of hydrogen-bond acceptors (Lipinski definition) is 5. The van der Waals surface area contributed by atoms with Crippen molar-refractivity contribution in [3.63, 3.8) is 0 Å². The predicted octanol–water partition coefficient (Wildman–Crippen LogP) is 3.39. The van der Waals surface area contributed by atoms with Gasteiger partial charge in [0.15, 0.2) is 5.82 Å². The molecule has 1 N–H and O–H groups in total. The number of fused-ring (bicyclic) bond motifs is 1. The summed E-state index contributed by atoms with van der Waals surface area (Å²) in [5, 5.41) is 9.76. The summed E-state index contributed by atoms with van der Waals surface area (Å²) < 4.78 is 1.70. The van der Waals surface area contributed by atoms with Gasteiger partial charge in [-0.3, -0.25) is 4.79 Å². The summed E-state index contributed by atoms with van der Waals surface area (Å²) in [5.41, 5.74) is 1.87. The van der Waals surface area contributed by atoms with Crippen LogP contribution in [0.3, 0.4) is 0 Å². The molecule has 26 heavy (non-hydrogen) atoms. The van der Waals surface area contributed by atoms with Crippen molar-refractivity contribution in [3.8, 4) is 0 Å². The lowest BCUT2D eigenvalue weighted by atomic mass is 9.96. The summed E-state index contributed by atoms with van der Waals surface area (Å²) in [6, 6.07) is 6.23. The molecule has 0 radical (unpaired) electrons. The second kappa shape index (κ2) is 7.15. The molecule has 1 unspecified atom stereocenters. The Bertz CT molecular complexity index is 912. The Morgan fingerprint density at radius 3 is 2.88 bits per heavy atom. The summed E-state index contributed by atoms with van der Waals surface area (Å²) in [6.45, 7) is 3.90. The fourth-order valence-electron chi connectivity index (χ4n) is 3.83. The van der Waals surface area contributed by atoms with Crippen LogP contribution in [-0.4, -0.2) is 25.5 Å². The molecule has 3 aromatic rings. The molecule has 3 heterocycles. The molecule has 0 spiro atoms. The molecule has 0 aliphatic heterocycles. The molecule has 4 rings (SSSR count). The van der Waals surface area contributed by atoms with E-state index in [9.17, 15) is 4.79 Å². The van der Waals surface area contributed by atoms with Gasteiger partial charge >= 0.3 is 0 Å². The van der Waals surface area contributed by atoms with Crippen molar-refractivity contribution in [2.45, 2.75) is 52.0 Å². The number of nitrogens with one attached hydrogen (secondary N) is 1. The van der Waals surface area contributed by atoms with Gasteiger partial charge in [0.2, 0.25) is 5.91 Å². The highest BCUT2D eigenvalue weighted by Crippen LogP contribution is 2.37. The highest BCUT2D eigenvalue weighted by Gasteiger charge is 2.28. The molecule has 1 atom stereocenters. The van der Waals surface area contributed by atoms with Gasteiger partial charge in [0.1, 0.15) is 0 Å². The number of carbonyl (C=O) groups is 1. The molecule has 1 amide bonds. The second-order valence-corrected chi connectivity index (χ2v) is 8.04. The molecule has 136 valence electrons. The molecule has 0 aromatic carbocycles. The zero-order valence-electron chi connectivity index (χ0n) is 15.1. The third kappa shape index (κ3) is 3.49. The third-order valence-corrected chi connectivity index (χ3v) is 5.97. The first-order valence-corrected chi connectivity index (χ1v) is 10.0. The van der Waals surface area contributed by atoms with Gasteiger partial charge in [-0.1, -0.05) is 18.9 Å². The minimum atomic E-state index is -0.0272. The minimum Gasteiger partial charge on any atom is -0.348 e. The van der Waals surface area contributed by atoms with Crippen LogP contribution in [0.2, 0.25) is 0 Å². The van der Waals surface area contributed by atoms with Crippen LogP contribution >= 0.6 is 11.3 Å². The summed E-state index contributed by atoms with van der Waals surface area (Å²) in [7, 11) is 0. The smallest absolute Gasteiger partial charge is 0.252 e. The van der Waals surface area contributed by atoms with Crippen molar-refractivity contribution in [1.29, 1.82) is 0 Å². The first kappa shape index (κ1) is 17.1. The Morgan fingerprint density at radius 1 is 1.35 bits per heavy atom. The van der Waals surface area contributed by atoms with Gasteiger partial charge in [0.25, 0.3) is 5.78 Å². The Hall–Kier alpha value is -2.28. The van der Waals surface area contributed by atoms with Gasteiger partial charge in [0, 0.05) is 16.3 Å². The van der Waals surface area contributed by atoms with Crippen LogP contribution in [0.4, 0.5) is 0 Å². The fourth-order valence-corrected chi connectivity index (χ4v) is 4.70. The zero-order valence-corrected chi connectivity index (χ0v) is 15.9. The first-order valence-electron chi connectivity index (χ1n) is 9.13. The van der Waals surface area contributed by atoms with E-state index in [0.29, 0.717) is 17.5 Å². The van der Waals surface area contributed by atoms with Crippen LogP contribution in [0.5, 0.6) is 0 Å². The van der Waals surface area contributed by atoms with Crippen LogP contribution in [-0.2, 0) is 11.2 Å². The van der Waals surface area contributed by atoms with Crippen molar-refractivity contribution >= 4 is 23.0 Å². The van der Waals surface area contributed by atoms with E-state index in [1.165, 1.54) is 30.6 Å². The van der Waals surface area contributed by atoms with Gasteiger partial charge in [-0.15, -0.1) is 16.4 Å². The average Bonchev–Trinajstić information content (AvgIpc) is 3.34. The average molecular weight is 369 g/mol. The van der Waals surface area contributed by atoms with E-state index >= 15 is 0 Å². The number of nitrogens with zero attached hydrogens (tertiary/aromatic N) is 4. The maximum Gasteiger partial charge on any atom is 0.252 e. The van der Waals surface area contributed by atoms with E-state index < -0.39 is 0 Å². The molecule has 1 aliphatic rings. The SMILES string of the molecule is Cc1cc(C)n2nc(CC(=O)NC(c3cccs3)C3CCCC3)nc2n1. The van der Waals surface area contributed by atoms with Crippen LogP contribution in [0.15, 0.2) is 23.6 Å². The maximum absolute atomic E-state index is 12.7. The molecule has 1 saturated carbocycles. The number of hydrogen-bond donors (Lipinski definition) is 1. The highest BCUT2D eigenvalue weighted by molar-refractivity contribution is 7.10. The molecule has 1 fully saturated rings. The number of amides is 1. The lowest BCUT2D eigenvalue weighted by molar-refractivity contribution is -0.121. The molecular weight excluding hydrogens is 346 g/mol. The zero-order chi connectivity index (χ0) is 18.1. The van der Waals surface area contributed by atoms with Crippen molar-refractivity contribution in [1.82, 2.24) is 24.9 Å². The lowest BCUT2D eigenvalue weighted by Crippen LogP contribution is -2.33. The largest absolute Gasteiger partial charge is 0.348 e. The molecule has 3 aromatic heterocycles. The van der Waals surface area contributed by atoms with E-state index in [2.05, 4.69) is 37.9 Å². The Balaban J connectivity index is 1.51. The van der Waals surface area contributed by atoms with E-state index in [1.807, 2.05) is 19.9 Å². The van der Waals surface area contributed by atoms with Gasteiger partial charge in [-0.25, -0.2) is 9.50 Å². The summed E-state index contributed by atoms with van der Waals surface area (Å²) in [4.78, 5) is 22.7. The van der Waals surface area contributed by atoms with Crippen molar-refractivity contribution in [3.05, 3.63) is 45.7 Å². The summed E-state index contributed by atoms with van der Waals surface area (Å²) >= 11 is 1.71. The Kier molecular flexibility index (Phi) is 4.72. The van der Waals surface area contributed by atoms with E-state index in [1.54, 1.807) is 15.9 Å². The van der Waals surface area contributed by atoms with Crippen molar-refractivity contribution < 1.29 is 4.79 Å². The van der Waals surface area contributed by atoms with Gasteiger partial charge in [-0.2, -0.15) is 4.98 Å². The molecule has 0 saturated heterocycles. The quantitative estimate of drug-likeness (QED) is 0.748. The standard InChI is InChI=1S/C19H23N5OS/c1-12-10-13(2)24-19(20-12)21-16(23-24)11-17(25)22-18(14-6-3-4-7-14)15-8-5-9-26-15/h5,8-10,14,18H,3-4,6-7,11H2,1-2H3,(H,22,25). The van der Waals surface area contributed by atoms with Crippen LogP contribution in [0, 0.1) is 19.8 Å². The minimum absolute atomic E-state index is 0.0272. The normalized spacial score (nSPS) is 16.2. The monoisotopic (exact) mass is 369 g/mol. The molecule has 0 bridgehead atoms. The number of thiophene rings is 1. The first-order chi connectivity index (χ1) is 12.6.